The molecule has 1 rings (SSSR count). The molecular formula is C17H25NO. The van der Waals surface area contributed by atoms with E-state index in [0.29, 0.717) is 0 Å². The largest absolute Gasteiger partial charge is 0.309 e. The predicted octanol–water partition coefficient (Wildman–Crippen LogP) is 3.49. The quantitative estimate of drug-likeness (QED) is 0.754. The number of hydrogen-bond acceptors (Lipinski definition) is 2. The zero-order chi connectivity index (χ0) is 14.5. The Kier molecular flexibility index (Phi) is 5.49. The van der Waals surface area contributed by atoms with Crippen LogP contribution in [0.3, 0.4) is 0 Å². The molecule has 0 saturated heterocycles. The highest BCUT2D eigenvalue weighted by Crippen LogP contribution is 2.27. The van der Waals surface area contributed by atoms with Crippen LogP contribution in [0.1, 0.15) is 26.3 Å². The molecule has 2 heteroatoms. The minimum absolute atomic E-state index is 0.0162. The average Bonchev–Trinajstić information content (AvgIpc) is 2.33. The van der Waals surface area contributed by atoms with E-state index in [9.17, 15) is 4.79 Å². The molecule has 0 unspecified atom stereocenters. The number of ketones is 1. The van der Waals surface area contributed by atoms with Crippen LogP contribution in [-0.4, -0.2) is 31.3 Å². The lowest BCUT2D eigenvalue weighted by molar-refractivity contribution is -0.121. The van der Waals surface area contributed by atoms with Crippen molar-refractivity contribution in [2.45, 2.75) is 20.8 Å². The summed E-state index contributed by atoms with van der Waals surface area (Å²) in [6, 6.07) is 9.93. The fraction of sp³-hybridized carbons (Fsp3) is 0.471. The molecule has 1 atom stereocenters. The second-order valence-electron chi connectivity index (χ2n) is 6.33. The number of carbonyl (C=O) groups is 1. The third-order valence-electron chi connectivity index (χ3n) is 3.18. The molecule has 0 saturated carbocycles. The van der Waals surface area contributed by atoms with Gasteiger partial charge in [-0.05, 0) is 31.1 Å². The summed E-state index contributed by atoms with van der Waals surface area (Å²) in [7, 11) is 4.01. The molecule has 0 radical (unpaired) electrons. The van der Waals surface area contributed by atoms with Crippen molar-refractivity contribution < 1.29 is 4.79 Å². The van der Waals surface area contributed by atoms with Crippen molar-refractivity contribution in [2.75, 3.05) is 20.6 Å². The van der Waals surface area contributed by atoms with Crippen molar-refractivity contribution in [1.29, 1.82) is 0 Å². The van der Waals surface area contributed by atoms with Crippen molar-refractivity contribution in [3.8, 4) is 0 Å². The molecule has 0 heterocycles. The highest BCUT2D eigenvalue weighted by molar-refractivity contribution is 5.96. The van der Waals surface area contributed by atoms with Gasteiger partial charge in [0.2, 0.25) is 0 Å². The Morgan fingerprint density at radius 1 is 1.21 bits per heavy atom. The molecule has 0 aromatic heterocycles. The van der Waals surface area contributed by atoms with Gasteiger partial charge < -0.3 is 4.90 Å². The molecule has 0 aliphatic rings. The lowest BCUT2D eigenvalue weighted by atomic mass is 9.77. The number of nitrogens with zero attached hydrogens (tertiary/aromatic N) is 1. The summed E-state index contributed by atoms with van der Waals surface area (Å²) in [6.45, 7) is 7.14. The Balaban J connectivity index is 2.81. The van der Waals surface area contributed by atoms with E-state index >= 15 is 0 Å². The maximum absolute atomic E-state index is 12.4. The van der Waals surface area contributed by atoms with Crippen molar-refractivity contribution >= 4 is 11.9 Å². The van der Waals surface area contributed by atoms with Crippen molar-refractivity contribution in [3.05, 3.63) is 42.0 Å². The van der Waals surface area contributed by atoms with Gasteiger partial charge >= 0.3 is 0 Å². The zero-order valence-corrected chi connectivity index (χ0v) is 12.7. The Morgan fingerprint density at radius 2 is 1.79 bits per heavy atom. The van der Waals surface area contributed by atoms with Gasteiger partial charge in [0.05, 0.1) is 0 Å². The van der Waals surface area contributed by atoms with Gasteiger partial charge in [-0.2, -0.15) is 0 Å². The van der Waals surface area contributed by atoms with E-state index in [4.69, 9.17) is 0 Å². The fourth-order valence-electron chi connectivity index (χ4n) is 2.01. The van der Waals surface area contributed by atoms with Crippen LogP contribution in [0.15, 0.2) is 36.4 Å². The van der Waals surface area contributed by atoms with Crippen molar-refractivity contribution in [2.24, 2.45) is 11.3 Å². The first-order valence-corrected chi connectivity index (χ1v) is 6.72. The second-order valence-corrected chi connectivity index (χ2v) is 6.33. The molecule has 0 amide bonds. The van der Waals surface area contributed by atoms with Crippen LogP contribution in [0, 0.1) is 11.3 Å². The SMILES string of the molecule is CN(C)C[C@@H](C(=O)/C=C\c1ccccc1)C(C)(C)C. The molecule has 19 heavy (non-hydrogen) atoms. The highest BCUT2D eigenvalue weighted by Gasteiger charge is 2.29. The van der Waals surface area contributed by atoms with E-state index < -0.39 is 0 Å². The van der Waals surface area contributed by atoms with Crippen LogP contribution in [0.25, 0.3) is 6.08 Å². The zero-order valence-electron chi connectivity index (χ0n) is 12.7. The molecule has 0 N–H and O–H groups in total. The summed E-state index contributed by atoms with van der Waals surface area (Å²) in [5.41, 5.74) is 1.04. The van der Waals surface area contributed by atoms with E-state index in [1.807, 2.05) is 50.5 Å². The molecule has 0 aliphatic heterocycles. The first-order valence-electron chi connectivity index (χ1n) is 6.72. The van der Waals surface area contributed by atoms with Gasteiger partial charge in [-0.3, -0.25) is 4.79 Å². The summed E-state index contributed by atoms with van der Waals surface area (Å²) in [6.07, 6.45) is 3.62. The molecule has 0 aliphatic carbocycles. The average molecular weight is 259 g/mol. The van der Waals surface area contributed by atoms with E-state index in [1.165, 1.54) is 0 Å². The Bertz CT molecular complexity index is 426. The van der Waals surface area contributed by atoms with E-state index in [0.717, 1.165) is 12.1 Å². The third-order valence-corrected chi connectivity index (χ3v) is 3.18. The summed E-state index contributed by atoms with van der Waals surface area (Å²) >= 11 is 0. The minimum Gasteiger partial charge on any atom is -0.309 e. The number of benzene rings is 1. The molecule has 0 spiro atoms. The fourth-order valence-corrected chi connectivity index (χ4v) is 2.01. The predicted molar refractivity (Wildman–Crippen MR) is 82.0 cm³/mol. The maximum Gasteiger partial charge on any atom is 0.160 e. The van der Waals surface area contributed by atoms with Crippen LogP contribution in [0.4, 0.5) is 0 Å². The summed E-state index contributed by atoms with van der Waals surface area (Å²) in [5, 5.41) is 0. The number of rotatable bonds is 5. The standard InChI is InChI=1S/C17H25NO/c1-17(2,3)15(13-18(4)5)16(19)12-11-14-9-7-6-8-10-14/h6-12,15H,13H2,1-5H3/b12-11-/t15-/m0/s1. The number of allylic oxidation sites excluding steroid dienone is 1. The molecule has 1 aromatic rings. The summed E-state index contributed by atoms with van der Waals surface area (Å²) < 4.78 is 0. The van der Waals surface area contributed by atoms with Gasteiger partial charge in [-0.15, -0.1) is 0 Å². The van der Waals surface area contributed by atoms with Gasteiger partial charge in [0, 0.05) is 12.5 Å². The van der Waals surface area contributed by atoms with Gasteiger partial charge in [-0.25, -0.2) is 0 Å². The minimum atomic E-state index is -0.0254. The van der Waals surface area contributed by atoms with Crippen LogP contribution >= 0.6 is 0 Å². The molecule has 0 fully saturated rings. The van der Waals surface area contributed by atoms with Crippen molar-refractivity contribution in [3.63, 3.8) is 0 Å². The Hall–Kier alpha value is -1.41. The first kappa shape index (κ1) is 15.6. The first-order chi connectivity index (χ1) is 8.80. The number of hydrogen-bond donors (Lipinski definition) is 0. The molecule has 0 bridgehead atoms. The molecule has 104 valence electrons. The number of carbonyl (C=O) groups excluding carboxylic acids is 1. The lowest BCUT2D eigenvalue weighted by Gasteiger charge is -2.30. The third kappa shape index (κ3) is 5.39. The van der Waals surface area contributed by atoms with Gasteiger partial charge in [0.25, 0.3) is 0 Å². The van der Waals surface area contributed by atoms with E-state index in [-0.39, 0.29) is 17.1 Å². The van der Waals surface area contributed by atoms with Gasteiger partial charge in [-0.1, -0.05) is 57.2 Å². The smallest absolute Gasteiger partial charge is 0.160 e. The van der Waals surface area contributed by atoms with Crippen molar-refractivity contribution in [1.82, 2.24) is 4.90 Å². The van der Waals surface area contributed by atoms with Gasteiger partial charge in [0.1, 0.15) is 0 Å². The Labute approximate surface area is 117 Å². The maximum atomic E-state index is 12.4. The molecule has 2 nitrogen and oxygen atoms in total. The monoisotopic (exact) mass is 259 g/mol. The van der Waals surface area contributed by atoms with Crippen LogP contribution in [0.2, 0.25) is 0 Å². The summed E-state index contributed by atoms with van der Waals surface area (Å²) in [4.78, 5) is 14.5. The van der Waals surface area contributed by atoms with E-state index in [2.05, 4.69) is 25.7 Å². The Morgan fingerprint density at radius 3 is 2.26 bits per heavy atom. The van der Waals surface area contributed by atoms with Crippen LogP contribution in [-0.2, 0) is 4.79 Å². The van der Waals surface area contributed by atoms with Crippen LogP contribution in [0.5, 0.6) is 0 Å². The van der Waals surface area contributed by atoms with E-state index in [1.54, 1.807) is 6.08 Å². The van der Waals surface area contributed by atoms with Gasteiger partial charge in [0.15, 0.2) is 5.78 Å². The lowest BCUT2D eigenvalue weighted by Crippen LogP contribution is -2.36. The normalized spacial score (nSPS) is 14.0. The second kappa shape index (κ2) is 6.67. The summed E-state index contributed by atoms with van der Waals surface area (Å²) in [5.74, 6) is 0.215. The van der Waals surface area contributed by atoms with Crippen LogP contribution < -0.4 is 0 Å². The molecule has 1 aromatic carbocycles. The topological polar surface area (TPSA) is 20.3 Å². The highest BCUT2D eigenvalue weighted by atomic mass is 16.1. The molecular weight excluding hydrogens is 234 g/mol.